The molecule has 0 saturated carbocycles. The van der Waals surface area contributed by atoms with Crippen molar-refractivity contribution in [2.75, 3.05) is 5.32 Å². The van der Waals surface area contributed by atoms with Gasteiger partial charge in [0, 0.05) is 18.0 Å². The number of hydrogen-bond donors (Lipinski definition) is 1. The van der Waals surface area contributed by atoms with Crippen LogP contribution in [0.5, 0.6) is 0 Å². The molecule has 1 N–H and O–H groups in total. The van der Waals surface area contributed by atoms with Gasteiger partial charge >= 0.3 is 0 Å². The van der Waals surface area contributed by atoms with Crippen LogP contribution in [0.25, 0.3) is 0 Å². The molecular formula is C13H13N3O2. The van der Waals surface area contributed by atoms with Gasteiger partial charge in [0.25, 0.3) is 5.69 Å². The molecule has 0 aliphatic heterocycles. The van der Waals surface area contributed by atoms with Gasteiger partial charge in [0.15, 0.2) is 0 Å². The summed E-state index contributed by atoms with van der Waals surface area (Å²) in [5.74, 6) is 0.470. The molecule has 0 bridgehead atoms. The highest BCUT2D eigenvalue weighted by Gasteiger charge is 2.07. The van der Waals surface area contributed by atoms with E-state index in [1.165, 1.54) is 18.3 Å². The Balaban J connectivity index is 2.31. The fourth-order valence-corrected chi connectivity index (χ4v) is 1.61. The minimum absolute atomic E-state index is 0.0257. The van der Waals surface area contributed by atoms with Crippen molar-refractivity contribution in [3.8, 4) is 0 Å². The maximum atomic E-state index is 10.7. The number of rotatable bonds is 3. The zero-order valence-corrected chi connectivity index (χ0v) is 10.2. The number of nitrogens with one attached hydrogen (secondary N) is 1. The third-order valence-corrected chi connectivity index (χ3v) is 2.61. The molecule has 5 heteroatoms. The fraction of sp³-hybridized carbons (Fsp3) is 0.154. The fourth-order valence-electron chi connectivity index (χ4n) is 1.61. The summed E-state index contributed by atoms with van der Waals surface area (Å²) in [5, 5.41) is 13.8. The third kappa shape index (κ3) is 2.63. The van der Waals surface area contributed by atoms with Gasteiger partial charge in [0.2, 0.25) is 0 Å². The number of anilines is 2. The van der Waals surface area contributed by atoms with E-state index >= 15 is 0 Å². The number of benzene rings is 1. The molecule has 2 aromatic rings. The van der Waals surface area contributed by atoms with E-state index in [0.29, 0.717) is 5.82 Å². The van der Waals surface area contributed by atoms with E-state index in [2.05, 4.69) is 10.3 Å². The van der Waals surface area contributed by atoms with Crippen molar-refractivity contribution in [1.29, 1.82) is 0 Å². The predicted molar refractivity (Wildman–Crippen MR) is 70.1 cm³/mol. The first-order valence-electron chi connectivity index (χ1n) is 5.51. The number of nitro groups is 1. The zero-order chi connectivity index (χ0) is 13.1. The van der Waals surface area contributed by atoms with Crippen molar-refractivity contribution in [2.24, 2.45) is 0 Å². The quantitative estimate of drug-likeness (QED) is 0.663. The molecule has 0 spiro atoms. The minimum Gasteiger partial charge on any atom is -0.340 e. The molecule has 0 radical (unpaired) electrons. The van der Waals surface area contributed by atoms with Crippen LogP contribution in [0, 0.1) is 24.0 Å². The van der Waals surface area contributed by atoms with Gasteiger partial charge in [0.05, 0.1) is 11.0 Å². The number of pyridine rings is 1. The lowest BCUT2D eigenvalue weighted by Gasteiger charge is -2.09. The molecule has 18 heavy (non-hydrogen) atoms. The number of aryl methyl sites for hydroxylation is 2. The first-order valence-corrected chi connectivity index (χ1v) is 5.51. The molecule has 1 aromatic carbocycles. The SMILES string of the molecule is Cc1ccc(C)c(Nc2cc([N+](=O)[O-])ccn2)c1. The van der Waals surface area contributed by atoms with E-state index < -0.39 is 4.92 Å². The Morgan fingerprint density at radius 2 is 2.00 bits per heavy atom. The van der Waals surface area contributed by atoms with Crippen LogP contribution in [0.4, 0.5) is 17.2 Å². The van der Waals surface area contributed by atoms with Crippen LogP contribution in [0.1, 0.15) is 11.1 Å². The third-order valence-electron chi connectivity index (χ3n) is 2.61. The molecule has 0 saturated heterocycles. The summed E-state index contributed by atoms with van der Waals surface area (Å²) >= 11 is 0. The summed E-state index contributed by atoms with van der Waals surface area (Å²) in [6.07, 6.45) is 1.42. The summed E-state index contributed by atoms with van der Waals surface area (Å²) < 4.78 is 0. The maximum Gasteiger partial charge on any atom is 0.274 e. The van der Waals surface area contributed by atoms with E-state index in [-0.39, 0.29) is 5.69 Å². The minimum atomic E-state index is -0.435. The largest absolute Gasteiger partial charge is 0.340 e. The van der Waals surface area contributed by atoms with Gasteiger partial charge in [-0.1, -0.05) is 12.1 Å². The molecule has 92 valence electrons. The van der Waals surface area contributed by atoms with E-state index in [9.17, 15) is 10.1 Å². The number of aromatic nitrogens is 1. The van der Waals surface area contributed by atoms with Crippen molar-refractivity contribution >= 4 is 17.2 Å². The molecule has 0 fully saturated rings. The molecule has 0 aliphatic rings. The molecule has 0 amide bonds. The van der Waals surface area contributed by atoms with Gasteiger partial charge in [-0.2, -0.15) is 0 Å². The Labute approximate surface area is 105 Å². The van der Waals surface area contributed by atoms with Crippen molar-refractivity contribution < 1.29 is 4.92 Å². The molecular weight excluding hydrogens is 230 g/mol. The lowest BCUT2D eigenvalue weighted by Crippen LogP contribution is -1.97. The van der Waals surface area contributed by atoms with Crippen molar-refractivity contribution in [2.45, 2.75) is 13.8 Å². The molecule has 0 aliphatic carbocycles. The Kier molecular flexibility index (Phi) is 3.23. The molecule has 0 atom stereocenters. The van der Waals surface area contributed by atoms with E-state index in [0.717, 1.165) is 16.8 Å². The second-order valence-electron chi connectivity index (χ2n) is 4.10. The van der Waals surface area contributed by atoms with Gasteiger partial charge in [-0.05, 0) is 31.0 Å². The molecule has 2 rings (SSSR count). The molecule has 1 aromatic heterocycles. The van der Waals surface area contributed by atoms with Crippen LogP contribution in [0.15, 0.2) is 36.5 Å². The second-order valence-corrected chi connectivity index (χ2v) is 4.10. The highest BCUT2D eigenvalue weighted by atomic mass is 16.6. The Bertz CT molecular complexity index is 597. The molecule has 5 nitrogen and oxygen atoms in total. The summed E-state index contributed by atoms with van der Waals surface area (Å²) in [6, 6.07) is 8.78. The van der Waals surface area contributed by atoms with Gasteiger partial charge in [-0.25, -0.2) is 4.98 Å². The number of hydrogen-bond acceptors (Lipinski definition) is 4. The van der Waals surface area contributed by atoms with Crippen LogP contribution < -0.4 is 5.32 Å². The highest BCUT2D eigenvalue weighted by Crippen LogP contribution is 2.22. The summed E-state index contributed by atoms with van der Waals surface area (Å²) in [4.78, 5) is 14.3. The average Bonchev–Trinajstić information content (AvgIpc) is 2.34. The Morgan fingerprint density at radius 3 is 2.72 bits per heavy atom. The first-order chi connectivity index (χ1) is 8.56. The first kappa shape index (κ1) is 12.0. The molecule has 0 unspecified atom stereocenters. The van der Waals surface area contributed by atoms with Crippen molar-refractivity contribution in [3.05, 3.63) is 57.8 Å². The van der Waals surface area contributed by atoms with Crippen LogP contribution >= 0.6 is 0 Å². The normalized spacial score (nSPS) is 10.1. The van der Waals surface area contributed by atoms with Gasteiger partial charge in [0.1, 0.15) is 5.82 Å². The molecule has 1 heterocycles. The smallest absolute Gasteiger partial charge is 0.274 e. The van der Waals surface area contributed by atoms with Gasteiger partial charge in [-0.15, -0.1) is 0 Å². The predicted octanol–water partition coefficient (Wildman–Crippen LogP) is 3.35. The zero-order valence-electron chi connectivity index (χ0n) is 10.2. The monoisotopic (exact) mass is 243 g/mol. The van der Waals surface area contributed by atoms with Crippen LogP contribution in [0.2, 0.25) is 0 Å². The van der Waals surface area contributed by atoms with Crippen LogP contribution in [0.3, 0.4) is 0 Å². The van der Waals surface area contributed by atoms with Crippen LogP contribution in [-0.4, -0.2) is 9.91 Å². The topological polar surface area (TPSA) is 68.1 Å². The Morgan fingerprint density at radius 1 is 1.22 bits per heavy atom. The Hall–Kier alpha value is -2.43. The van der Waals surface area contributed by atoms with E-state index in [1.54, 1.807) is 0 Å². The summed E-state index contributed by atoms with van der Waals surface area (Å²) in [7, 11) is 0. The van der Waals surface area contributed by atoms with Crippen LogP contribution in [-0.2, 0) is 0 Å². The number of nitrogens with zero attached hydrogens (tertiary/aromatic N) is 2. The van der Waals surface area contributed by atoms with Crippen molar-refractivity contribution in [1.82, 2.24) is 4.98 Å². The summed E-state index contributed by atoms with van der Waals surface area (Å²) in [5.41, 5.74) is 3.11. The van der Waals surface area contributed by atoms with Gasteiger partial charge < -0.3 is 5.32 Å². The van der Waals surface area contributed by atoms with Crippen molar-refractivity contribution in [3.63, 3.8) is 0 Å². The van der Waals surface area contributed by atoms with E-state index in [1.807, 2.05) is 32.0 Å². The lowest BCUT2D eigenvalue weighted by molar-refractivity contribution is -0.384. The lowest BCUT2D eigenvalue weighted by atomic mass is 10.1. The maximum absolute atomic E-state index is 10.7. The van der Waals surface area contributed by atoms with E-state index in [4.69, 9.17) is 0 Å². The standard InChI is InChI=1S/C13H13N3O2/c1-9-3-4-10(2)12(7-9)15-13-8-11(16(17)18)5-6-14-13/h3-8H,1-2H3,(H,14,15). The van der Waals surface area contributed by atoms with Gasteiger partial charge in [-0.3, -0.25) is 10.1 Å². The second kappa shape index (κ2) is 4.83. The summed E-state index contributed by atoms with van der Waals surface area (Å²) in [6.45, 7) is 3.96. The highest BCUT2D eigenvalue weighted by molar-refractivity contribution is 5.62. The average molecular weight is 243 g/mol.